The molecule has 0 aromatic heterocycles. The molecule has 0 spiro atoms. The Hall–Kier alpha value is -2.01. The summed E-state index contributed by atoms with van der Waals surface area (Å²) in [5, 5.41) is 6.55. The highest BCUT2D eigenvalue weighted by molar-refractivity contribution is 6.30. The fourth-order valence-electron chi connectivity index (χ4n) is 1.05. The number of carbonyl (C=O) groups is 1. The summed E-state index contributed by atoms with van der Waals surface area (Å²) in [4.78, 5) is 16.0. The normalized spacial score (nSPS) is 10.1. The van der Waals surface area contributed by atoms with Gasteiger partial charge >= 0.3 is 6.09 Å². The number of carbonyl (C=O) groups excluding carboxylic acids is 1. The zero-order valence-corrected chi connectivity index (χ0v) is 10.6. The molecule has 1 aromatic carbocycles. The molecular formula is C12H13ClN2O3. The summed E-state index contributed by atoms with van der Waals surface area (Å²) in [7, 11) is 1.47. The highest BCUT2D eigenvalue weighted by Gasteiger charge is 2.07. The van der Waals surface area contributed by atoms with E-state index >= 15 is 0 Å². The summed E-state index contributed by atoms with van der Waals surface area (Å²) in [6.45, 7) is 3.78. The molecule has 0 unspecified atom stereocenters. The zero-order valence-electron chi connectivity index (χ0n) is 9.85. The smallest absolute Gasteiger partial charge is 0.410 e. The monoisotopic (exact) mass is 268 g/mol. The Balaban J connectivity index is 2.85. The number of nitrogens with zero attached hydrogens (tertiary/aromatic N) is 1. The Kier molecular flexibility index (Phi) is 5.73. The number of hydrogen-bond acceptors (Lipinski definition) is 4. The first-order valence-electron chi connectivity index (χ1n) is 5.12. The predicted octanol–water partition coefficient (Wildman–Crippen LogP) is 2.59. The first kappa shape index (κ1) is 14.1. The van der Waals surface area contributed by atoms with E-state index < -0.39 is 6.09 Å². The third-order valence-corrected chi connectivity index (χ3v) is 2.07. The topological polar surface area (TPSA) is 59.9 Å². The molecule has 6 heteroatoms. The molecule has 96 valence electrons. The summed E-state index contributed by atoms with van der Waals surface area (Å²) >= 11 is 5.85. The molecule has 0 fully saturated rings. The second kappa shape index (κ2) is 7.34. The van der Waals surface area contributed by atoms with Gasteiger partial charge in [-0.1, -0.05) is 29.4 Å². The molecular weight excluding hydrogens is 256 g/mol. The van der Waals surface area contributed by atoms with E-state index in [9.17, 15) is 4.79 Å². The minimum atomic E-state index is -0.570. The Labute approximate surface area is 110 Å². The van der Waals surface area contributed by atoms with Gasteiger partial charge in [0.2, 0.25) is 0 Å². The lowest BCUT2D eigenvalue weighted by Gasteiger charge is -2.06. The SMILES string of the molecule is C=CCO/N=C/c1cc(Cl)ccc1OC(=O)NC. The van der Waals surface area contributed by atoms with Crippen molar-refractivity contribution in [3.63, 3.8) is 0 Å². The molecule has 1 N–H and O–H groups in total. The van der Waals surface area contributed by atoms with Crippen LogP contribution in [0, 0.1) is 0 Å². The van der Waals surface area contributed by atoms with Gasteiger partial charge in [-0.15, -0.1) is 0 Å². The lowest BCUT2D eigenvalue weighted by Crippen LogP contribution is -2.22. The fourth-order valence-corrected chi connectivity index (χ4v) is 1.23. The first-order valence-corrected chi connectivity index (χ1v) is 5.50. The Morgan fingerprint density at radius 3 is 3.06 bits per heavy atom. The van der Waals surface area contributed by atoms with Crippen molar-refractivity contribution in [2.45, 2.75) is 0 Å². The number of nitrogens with one attached hydrogen (secondary N) is 1. The summed E-state index contributed by atoms with van der Waals surface area (Å²) in [5.41, 5.74) is 0.537. The maximum absolute atomic E-state index is 11.1. The standard InChI is InChI=1S/C12H13ClN2O3/c1-3-6-17-15-8-9-7-10(13)4-5-11(9)18-12(16)14-2/h3-5,7-8H,1,6H2,2H3,(H,14,16)/b15-8+. The van der Waals surface area contributed by atoms with E-state index in [-0.39, 0.29) is 0 Å². The van der Waals surface area contributed by atoms with Gasteiger partial charge in [-0.2, -0.15) is 0 Å². The molecule has 1 aromatic rings. The molecule has 5 nitrogen and oxygen atoms in total. The number of halogens is 1. The largest absolute Gasteiger partial charge is 0.412 e. The minimum Gasteiger partial charge on any atom is -0.410 e. The zero-order chi connectivity index (χ0) is 13.4. The van der Waals surface area contributed by atoms with E-state index in [1.165, 1.54) is 13.3 Å². The number of amides is 1. The molecule has 0 atom stereocenters. The average Bonchev–Trinajstić information content (AvgIpc) is 2.37. The van der Waals surface area contributed by atoms with Crippen LogP contribution in [0.25, 0.3) is 0 Å². The summed E-state index contributed by atoms with van der Waals surface area (Å²) < 4.78 is 5.03. The van der Waals surface area contributed by atoms with Crippen LogP contribution in [0.5, 0.6) is 5.75 Å². The molecule has 0 aliphatic carbocycles. The molecule has 1 rings (SSSR count). The maximum atomic E-state index is 11.1. The molecule has 0 radical (unpaired) electrons. The quantitative estimate of drug-likeness (QED) is 0.386. The summed E-state index contributed by atoms with van der Waals surface area (Å²) in [6.07, 6.45) is 2.41. The van der Waals surface area contributed by atoms with Crippen molar-refractivity contribution >= 4 is 23.9 Å². The number of ether oxygens (including phenoxy) is 1. The second-order valence-corrected chi connectivity index (χ2v) is 3.58. The van der Waals surface area contributed by atoms with E-state index in [0.29, 0.717) is 22.9 Å². The first-order chi connectivity index (χ1) is 8.67. The van der Waals surface area contributed by atoms with Crippen LogP contribution in [0.15, 0.2) is 36.0 Å². The maximum Gasteiger partial charge on any atom is 0.412 e. The second-order valence-electron chi connectivity index (χ2n) is 3.14. The molecule has 0 bridgehead atoms. The number of hydrogen-bond donors (Lipinski definition) is 1. The number of oxime groups is 1. The van der Waals surface area contributed by atoms with Crippen molar-refractivity contribution in [2.75, 3.05) is 13.7 Å². The molecule has 0 aliphatic rings. The van der Waals surface area contributed by atoms with E-state index in [0.717, 1.165) is 0 Å². The van der Waals surface area contributed by atoms with Gasteiger partial charge in [0, 0.05) is 17.6 Å². The van der Waals surface area contributed by atoms with Crippen LogP contribution in [0.1, 0.15) is 5.56 Å². The van der Waals surface area contributed by atoms with Gasteiger partial charge in [-0.05, 0) is 18.2 Å². The van der Waals surface area contributed by atoms with Gasteiger partial charge in [0.05, 0.1) is 6.21 Å². The van der Waals surface area contributed by atoms with Crippen molar-refractivity contribution in [3.05, 3.63) is 41.4 Å². The lowest BCUT2D eigenvalue weighted by atomic mass is 10.2. The molecule has 0 heterocycles. The van der Waals surface area contributed by atoms with Gasteiger partial charge in [-0.3, -0.25) is 0 Å². The fraction of sp³-hybridized carbons (Fsp3) is 0.167. The van der Waals surface area contributed by atoms with Crippen molar-refractivity contribution in [2.24, 2.45) is 5.16 Å². The predicted molar refractivity (Wildman–Crippen MR) is 70.3 cm³/mol. The van der Waals surface area contributed by atoms with Crippen LogP contribution in [0.4, 0.5) is 4.79 Å². The third-order valence-electron chi connectivity index (χ3n) is 1.84. The van der Waals surface area contributed by atoms with Gasteiger partial charge in [-0.25, -0.2) is 4.79 Å². The third kappa shape index (κ3) is 4.47. The van der Waals surface area contributed by atoms with Gasteiger partial charge in [0.15, 0.2) is 0 Å². The van der Waals surface area contributed by atoms with Crippen LogP contribution in [0.3, 0.4) is 0 Å². The van der Waals surface area contributed by atoms with E-state index in [2.05, 4.69) is 17.1 Å². The molecule has 0 saturated carbocycles. The van der Waals surface area contributed by atoms with Crippen molar-refractivity contribution < 1.29 is 14.4 Å². The van der Waals surface area contributed by atoms with Gasteiger partial charge in [0.25, 0.3) is 0 Å². The van der Waals surface area contributed by atoms with Crippen molar-refractivity contribution in [1.29, 1.82) is 0 Å². The van der Waals surface area contributed by atoms with Crippen LogP contribution in [-0.2, 0) is 4.84 Å². The highest BCUT2D eigenvalue weighted by Crippen LogP contribution is 2.21. The van der Waals surface area contributed by atoms with Gasteiger partial charge in [0.1, 0.15) is 12.4 Å². The molecule has 0 saturated heterocycles. The van der Waals surface area contributed by atoms with Gasteiger partial charge < -0.3 is 14.9 Å². The molecule has 0 aliphatic heterocycles. The van der Waals surface area contributed by atoms with Crippen molar-refractivity contribution in [3.8, 4) is 5.75 Å². The average molecular weight is 269 g/mol. The Morgan fingerprint density at radius 1 is 1.61 bits per heavy atom. The van der Waals surface area contributed by atoms with Crippen molar-refractivity contribution in [1.82, 2.24) is 5.32 Å². The highest BCUT2D eigenvalue weighted by atomic mass is 35.5. The van der Waals surface area contributed by atoms with Crippen LogP contribution >= 0.6 is 11.6 Å². The summed E-state index contributed by atoms with van der Waals surface area (Å²) in [5.74, 6) is 0.338. The van der Waals surface area contributed by atoms with Crippen LogP contribution in [-0.4, -0.2) is 26.0 Å². The molecule has 1 amide bonds. The van der Waals surface area contributed by atoms with Crippen LogP contribution < -0.4 is 10.1 Å². The minimum absolute atomic E-state index is 0.294. The molecule has 18 heavy (non-hydrogen) atoms. The lowest BCUT2D eigenvalue weighted by molar-refractivity contribution is 0.176. The Bertz CT molecular complexity index is 461. The van der Waals surface area contributed by atoms with E-state index in [1.807, 2.05) is 0 Å². The summed E-state index contributed by atoms with van der Waals surface area (Å²) in [6, 6.07) is 4.80. The van der Waals surface area contributed by atoms with E-state index in [4.69, 9.17) is 21.2 Å². The van der Waals surface area contributed by atoms with E-state index in [1.54, 1.807) is 24.3 Å². The number of benzene rings is 1. The number of rotatable bonds is 5. The Morgan fingerprint density at radius 2 is 2.39 bits per heavy atom. The van der Waals surface area contributed by atoms with Crippen LogP contribution in [0.2, 0.25) is 5.02 Å².